The second-order valence-corrected chi connectivity index (χ2v) is 5.89. The number of rotatable bonds is 5. The molecule has 0 fully saturated rings. The van der Waals surface area contributed by atoms with Crippen molar-refractivity contribution in [2.75, 3.05) is 14.1 Å². The van der Waals surface area contributed by atoms with Gasteiger partial charge in [-0.15, -0.1) is 5.10 Å². The molecule has 0 bridgehead atoms. The second kappa shape index (κ2) is 7.09. The Balaban J connectivity index is 1.99. The summed E-state index contributed by atoms with van der Waals surface area (Å²) in [6, 6.07) is 18.0. The lowest BCUT2D eigenvalue weighted by Gasteiger charge is -2.10. The highest BCUT2D eigenvalue weighted by atomic mass is 16.1. The average Bonchev–Trinajstić information content (AvgIpc) is 3.09. The van der Waals surface area contributed by atoms with Crippen molar-refractivity contribution in [3.05, 3.63) is 66.6 Å². The summed E-state index contributed by atoms with van der Waals surface area (Å²) in [7, 11) is 3.71. The summed E-state index contributed by atoms with van der Waals surface area (Å²) in [6.45, 7) is 1.51. The van der Waals surface area contributed by atoms with Crippen molar-refractivity contribution in [2.45, 2.75) is 6.92 Å². The van der Waals surface area contributed by atoms with Crippen LogP contribution in [-0.2, 0) is 4.79 Å². The standard InChI is InChI=1S/C19H19N5O/c1-14(25)18(13-23(2)3)19-20-21-22-24(19)17-11-9-16(10-12-17)15-7-5-4-6-8-15/h4-13H,1-3H3/b18-13+. The quantitative estimate of drug-likeness (QED) is 0.672. The lowest BCUT2D eigenvalue weighted by Crippen LogP contribution is -2.11. The number of hydrogen-bond donors (Lipinski definition) is 0. The molecule has 3 aromatic rings. The summed E-state index contributed by atoms with van der Waals surface area (Å²) in [4.78, 5) is 13.8. The lowest BCUT2D eigenvalue weighted by molar-refractivity contribution is -0.111. The van der Waals surface area contributed by atoms with Crippen molar-refractivity contribution in [1.82, 2.24) is 25.1 Å². The first-order valence-corrected chi connectivity index (χ1v) is 7.90. The fraction of sp³-hybridized carbons (Fsp3) is 0.158. The van der Waals surface area contributed by atoms with E-state index in [0.717, 1.165) is 16.8 Å². The molecule has 0 radical (unpaired) electrons. The number of allylic oxidation sites excluding steroid dienone is 1. The maximum atomic E-state index is 12.0. The number of ketones is 1. The number of hydrogen-bond acceptors (Lipinski definition) is 5. The van der Waals surface area contributed by atoms with Crippen LogP contribution in [0.25, 0.3) is 22.4 Å². The van der Waals surface area contributed by atoms with E-state index in [1.54, 1.807) is 15.8 Å². The van der Waals surface area contributed by atoms with E-state index in [9.17, 15) is 4.79 Å². The van der Waals surface area contributed by atoms with E-state index in [1.165, 1.54) is 6.92 Å². The first-order valence-electron chi connectivity index (χ1n) is 7.90. The van der Waals surface area contributed by atoms with Gasteiger partial charge in [-0.05, 0) is 40.6 Å². The molecule has 2 aromatic carbocycles. The van der Waals surface area contributed by atoms with E-state index in [0.29, 0.717) is 11.4 Å². The summed E-state index contributed by atoms with van der Waals surface area (Å²) in [6.07, 6.45) is 1.73. The third-order valence-electron chi connectivity index (χ3n) is 3.70. The van der Waals surface area contributed by atoms with Crippen molar-refractivity contribution in [3.8, 4) is 16.8 Å². The molecule has 126 valence electrons. The average molecular weight is 333 g/mol. The minimum absolute atomic E-state index is 0.0920. The normalized spacial score (nSPS) is 11.4. The maximum Gasteiger partial charge on any atom is 0.192 e. The first kappa shape index (κ1) is 16.6. The Morgan fingerprint density at radius 1 is 1.00 bits per heavy atom. The summed E-state index contributed by atoms with van der Waals surface area (Å²) in [5.41, 5.74) is 3.50. The van der Waals surface area contributed by atoms with Crippen LogP contribution in [0.2, 0.25) is 0 Å². The van der Waals surface area contributed by atoms with E-state index < -0.39 is 0 Å². The fourth-order valence-electron chi connectivity index (χ4n) is 2.52. The molecule has 0 aliphatic heterocycles. The third-order valence-corrected chi connectivity index (χ3v) is 3.70. The van der Waals surface area contributed by atoms with Gasteiger partial charge in [0.25, 0.3) is 0 Å². The predicted octanol–water partition coefficient (Wildman–Crippen LogP) is 2.82. The topological polar surface area (TPSA) is 63.9 Å². The van der Waals surface area contributed by atoms with Crippen molar-refractivity contribution in [1.29, 1.82) is 0 Å². The highest BCUT2D eigenvalue weighted by Gasteiger charge is 2.17. The number of carbonyl (C=O) groups is 1. The molecule has 6 heteroatoms. The smallest absolute Gasteiger partial charge is 0.192 e. The van der Waals surface area contributed by atoms with Crippen LogP contribution in [-0.4, -0.2) is 45.0 Å². The molecule has 0 atom stereocenters. The molecular weight excluding hydrogens is 314 g/mol. The zero-order valence-corrected chi connectivity index (χ0v) is 14.4. The Labute approximate surface area is 146 Å². The zero-order chi connectivity index (χ0) is 17.8. The lowest BCUT2D eigenvalue weighted by atomic mass is 10.1. The molecule has 0 amide bonds. The van der Waals surface area contributed by atoms with E-state index in [4.69, 9.17) is 0 Å². The fourth-order valence-corrected chi connectivity index (χ4v) is 2.52. The Morgan fingerprint density at radius 2 is 1.64 bits per heavy atom. The number of Topliss-reactive ketones (excluding diaryl/α,β-unsaturated/α-hetero) is 1. The van der Waals surface area contributed by atoms with Crippen LogP contribution in [0.3, 0.4) is 0 Å². The Kier molecular flexibility index (Phi) is 4.70. The number of benzene rings is 2. The number of aromatic nitrogens is 4. The molecule has 0 saturated heterocycles. The monoisotopic (exact) mass is 333 g/mol. The van der Waals surface area contributed by atoms with Gasteiger partial charge in [-0.2, -0.15) is 4.68 Å². The van der Waals surface area contributed by atoms with Crippen LogP contribution in [0.4, 0.5) is 0 Å². The highest BCUT2D eigenvalue weighted by Crippen LogP contribution is 2.22. The van der Waals surface area contributed by atoms with Crippen LogP contribution in [0.5, 0.6) is 0 Å². The Hall–Kier alpha value is -3.28. The van der Waals surface area contributed by atoms with Gasteiger partial charge in [0.1, 0.15) is 0 Å². The van der Waals surface area contributed by atoms with E-state index in [1.807, 2.05) is 56.6 Å². The number of tetrazole rings is 1. The molecular formula is C19H19N5O. The highest BCUT2D eigenvalue weighted by molar-refractivity contribution is 6.18. The van der Waals surface area contributed by atoms with E-state index >= 15 is 0 Å². The second-order valence-electron chi connectivity index (χ2n) is 5.89. The number of carbonyl (C=O) groups excluding carboxylic acids is 1. The summed E-state index contributed by atoms with van der Waals surface area (Å²) < 4.78 is 1.57. The Morgan fingerprint density at radius 3 is 2.24 bits per heavy atom. The molecule has 1 heterocycles. The van der Waals surface area contributed by atoms with Crippen molar-refractivity contribution in [3.63, 3.8) is 0 Å². The molecule has 0 aliphatic rings. The van der Waals surface area contributed by atoms with Gasteiger partial charge in [0.2, 0.25) is 0 Å². The van der Waals surface area contributed by atoms with Crippen LogP contribution in [0.15, 0.2) is 60.8 Å². The molecule has 3 rings (SSSR count). The van der Waals surface area contributed by atoms with E-state index in [-0.39, 0.29) is 5.78 Å². The molecule has 25 heavy (non-hydrogen) atoms. The van der Waals surface area contributed by atoms with Gasteiger partial charge >= 0.3 is 0 Å². The van der Waals surface area contributed by atoms with E-state index in [2.05, 4.69) is 27.7 Å². The van der Waals surface area contributed by atoms with Crippen molar-refractivity contribution in [2.24, 2.45) is 0 Å². The maximum absolute atomic E-state index is 12.0. The van der Waals surface area contributed by atoms with Gasteiger partial charge in [-0.25, -0.2) is 0 Å². The molecule has 0 spiro atoms. The predicted molar refractivity (Wildman–Crippen MR) is 96.9 cm³/mol. The number of nitrogens with zero attached hydrogens (tertiary/aromatic N) is 5. The Bertz CT molecular complexity index is 895. The van der Waals surface area contributed by atoms with Crippen LogP contribution in [0.1, 0.15) is 12.7 Å². The minimum Gasteiger partial charge on any atom is -0.383 e. The molecule has 0 N–H and O–H groups in total. The summed E-state index contributed by atoms with van der Waals surface area (Å²) in [5.74, 6) is 0.333. The van der Waals surface area contributed by atoms with Gasteiger partial charge < -0.3 is 4.90 Å². The van der Waals surface area contributed by atoms with Gasteiger partial charge in [0.15, 0.2) is 11.6 Å². The van der Waals surface area contributed by atoms with Crippen LogP contribution >= 0.6 is 0 Å². The summed E-state index contributed by atoms with van der Waals surface area (Å²) in [5, 5.41) is 11.8. The zero-order valence-electron chi connectivity index (χ0n) is 14.4. The summed E-state index contributed by atoms with van der Waals surface area (Å²) >= 11 is 0. The molecule has 1 aromatic heterocycles. The molecule has 0 saturated carbocycles. The van der Waals surface area contributed by atoms with Gasteiger partial charge in [0.05, 0.1) is 11.3 Å². The third kappa shape index (κ3) is 3.63. The van der Waals surface area contributed by atoms with Crippen molar-refractivity contribution < 1.29 is 4.79 Å². The minimum atomic E-state index is -0.0920. The largest absolute Gasteiger partial charge is 0.383 e. The van der Waals surface area contributed by atoms with Gasteiger partial charge in [-0.3, -0.25) is 4.79 Å². The van der Waals surface area contributed by atoms with Gasteiger partial charge in [-0.1, -0.05) is 42.5 Å². The SMILES string of the molecule is CC(=O)/C(=C\N(C)C)c1nnnn1-c1ccc(-c2ccccc2)cc1. The van der Waals surface area contributed by atoms with Crippen LogP contribution in [0, 0.1) is 0 Å². The van der Waals surface area contributed by atoms with Gasteiger partial charge in [0, 0.05) is 20.3 Å². The first-order chi connectivity index (χ1) is 12.1. The molecule has 0 unspecified atom stereocenters. The van der Waals surface area contributed by atoms with Crippen LogP contribution < -0.4 is 0 Å². The molecule has 6 nitrogen and oxygen atoms in total. The van der Waals surface area contributed by atoms with Crippen molar-refractivity contribution >= 4 is 11.4 Å². The molecule has 0 aliphatic carbocycles.